The number of anilines is 1. The van der Waals surface area contributed by atoms with Gasteiger partial charge in [0.15, 0.2) is 0 Å². The lowest BCUT2D eigenvalue weighted by Crippen LogP contribution is -2.11. The van der Waals surface area contributed by atoms with Crippen molar-refractivity contribution in [1.29, 1.82) is 0 Å². The molecule has 0 spiro atoms. The fraction of sp³-hybridized carbons (Fsp3) is 0.0833. The normalized spacial score (nSPS) is 9.83. The number of carbonyl (C=O) groups is 2. The van der Waals surface area contributed by atoms with Gasteiger partial charge < -0.3 is 10.1 Å². The van der Waals surface area contributed by atoms with E-state index in [0.29, 0.717) is 16.1 Å². The van der Waals surface area contributed by atoms with Crippen molar-refractivity contribution in [2.45, 2.75) is 0 Å². The summed E-state index contributed by atoms with van der Waals surface area (Å²) in [6.07, 6.45) is 1.56. The number of aromatic nitrogens is 1. The van der Waals surface area contributed by atoms with Gasteiger partial charge >= 0.3 is 5.97 Å². The molecule has 1 N–H and O–H groups in total. The molecule has 0 unspecified atom stereocenters. The molecule has 6 heteroatoms. The van der Waals surface area contributed by atoms with Gasteiger partial charge in [0.1, 0.15) is 4.88 Å². The topological polar surface area (TPSA) is 68.3 Å². The molecule has 1 aromatic heterocycles. The van der Waals surface area contributed by atoms with E-state index in [-0.39, 0.29) is 5.91 Å². The Morgan fingerprint density at radius 1 is 1.33 bits per heavy atom. The van der Waals surface area contributed by atoms with Gasteiger partial charge in [0.05, 0.1) is 12.7 Å². The monoisotopic (exact) mass is 262 g/mol. The number of methoxy groups -OCH3 is 1. The number of hydrogen-bond acceptors (Lipinski definition) is 5. The SMILES string of the molecule is COC(=O)c1cccc(NC(=O)c2ccns2)c1. The Hall–Kier alpha value is -2.21. The van der Waals surface area contributed by atoms with Crippen LogP contribution in [0.4, 0.5) is 5.69 Å². The Morgan fingerprint density at radius 2 is 2.17 bits per heavy atom. The molecule has 0 saturated carbocycles. The molecule has 0 radical (unpaired) electrons. The Kier molecular flexibility index (Phi) is 3.69. The zero-order valence-corrected chi connectivity index (χ0v) is 10.4. The molecule has 2 aromatic rings. The highest BCUT2D eigenvalue weighted by Crippen LogP contribution is 2.14. The van der Waals surface area contributed by atoms with Gasteiger partial charge in [0.2, 0.25) is 0 Å². The third-order valence-corrected chi connectivity index (χ3v) is 2.95. The molecule has 0 fully saturated rings. The molecule has 0 aliphatic rings. The molecule has 92 valence electrons. The fourth-order valence-corrected chi connectivity index (χ4v) is 1.86. The Balaban J connectivity index is 2.15. The smallest absolute Gasteiger partial charge is 0.337 e. The quantitative estimate of drug-likeness (QED) is 0.861. The van der Waals surface area contributed by atoms with Crippen LogP contribution < -0.4 is 5.32 Å². The average Bonchev–Trinajstić information content (AvgIpc) is 2.92. The summed E-state index contributed by atoms with van der Waals surface area (Å²) in [7, 11) is 1.31. The molecule has 0 bridgehead atoms. The number of esters is 1. The van der Waals surface area contributed by atoms with Gasteiger partial charge in [-0.3, -0.25) is 4.79 Å². The Labute approximate surface area is 108 Å². The minimum Gasteiger partial charge on any atom is -0.465 e. The first-order chi connectivity index (χ1) is 8.70. The summed E-state index contributed by atoms with van der Waals surface area (Å²) in [5.74, 6) is -0.691. The second-order valence-electron chi connectivity index (χ2n) is 3.40. The molecule has 2 rings (SSSR count). The number of benzene rings is 1. The van der Waals surface area contributed by atoms with Gasteiger partial charge in [-0.05, 0) is 35.8 Å². The number of carbonyl (C=O) groups excluding carboxylic acids is 2. The van der Waals surface area contributed by atoms with Gasteiger partial charge in [0, 0.05) is 11.9 Å². The van der Waals surface area contributed by atoms with Gasteiger partial charge in [0.25, 0.3) is 5.91 Å². The predicted molar refractivity (Wildman–Crippen MR) is 67.8 cm³/mol. The highest BCUT2D eigenvalue weighted by molar-refractivity contribution is 7.08. The second-order valence-corrected chi connectivity index (χ2v) is 4.24. The maximum absolute atomic E-state index is 11.8. The van der Waals surface area contributed by atoms with Gasteiger partial charge in [-0.25, -0.2) is 9.17 Å². The number of amides is 1. The van der Waals surface area contributed by atoms with Crippen LogP contribution in [0.15, 0.2) is 36.5 Å². The summed E-state index contributed by atoms with van der Waals surface area (Å²) < 4.78 is 8.46. The zero-order chi connectivity index (χ0) is 13.0. The lowest BCUT2D eigenvalue weighted by molar-refractivity contribution is 0.0600. The number of rotatable bonds is 3. The zero-order valence-electron chi connectivity index (χ0n) is 9.54. The molecule has 1 amide bonds. The molecule has 0 saturated heterocycles. The fourth-order valence-electron chi connectivity index (χ4n) is 1.37. The molecular weight excluding hydrogens is 252 g/mol. The van der Waals surface area contributed by atoms with Crippen molar-refractivity contribution < 1.29 is 14.3 Å². The van der Waals surface area contributed by atoms with E-state index in [4.69, 9.17) is 0 Å². The minimum absolute atomic E-state index is 0.250. The molecule has 1 heterocycles. The first-order valence-electron chi connectivity index (χ1n) is 5.11. The van der Waals surface area contributed by atoms with E-state index in [1.54, 1.807) is 36.5 Å². The van der Waals surface area contributed by atoms with Crippen molar-refractivity contribution in [2.24, 2.45) is 0 Å². The average molecular weight is 262 g/mol. The van der Waals surface area contributed by atoms with Gasteiger partial charge in [-0.15, -0.1) is 0 Å². The lowest BCUT2D eigenvalue weighted by atomic mass is 10.2. The number of hydrogen-bond donors (Lipinski definition) is 1. The van der Waals surface area contributed by atoms with Crippen LogP contribution in [0.2, 0.25) is 0 Å². The van der Waals surface area contributed by atoms with Crippen molar-refractivity contribution in [3.8, 4) is 0 Å². The van der Waals surface area contributed by atoms with E-state index >= 15 is 0 Å². The Bertz CT molecular complexity index is 566. The van der Waals surface area contributed by atoms with Crippen LogP contribution in [0.3, 0.4) is 0 Å². The molecule has 0 aliphatic carbocycles. The molecule has 18 heavy (non-hydrogen) atoms. The van der Waals surface area contributed by atoms with E-state index in [2.05, 4.69) is 14.4 Å². The largest absolute Gasteiger partial charge is 0.465 e. The van der Waals surface area contributed by atoms with E-state index in [1.807, 2.05) is 0 Å². The van der Waals surface area contributed by atoms with E-state index in [1.165, 1.54) is 7.11 Å². The van der Waals surface area contributed by atoms with Crippen LogP contribution in [0.1, 0.15) is 20.0 Å². The predicted octanol–water partition coefficient (Wildman–Crippen LogP) is 2.18. The first kappa shape index (κ1) is 12.3. The molecular formula is C12H10N2O3S. The number of ether oxygens (including phenoxy) is 1. The maximum Gasteiger partial charge on any atom is 0.337 e. The summed E-state index contributed by atoms with van der Waals surface area (Å²) >= 11 is 1.11. The van der Waals surface area contributed by atoms with Crippen LogP contribution in [0, 0.1) is 0 Å². The third-order valence-electron chi connectivity index (χ3n) is 2.20. The first-order valence-corrected chi connectivity index (χ1v) is 5.88. The summed E-state index contributed by atoms with van der Waals surface area (Å²) in [4.78, 5) is 23.6. The summed E-state index contributed by atoms with van der Waals surface area (Å²) in [6.45, 7) is 0. The second kappa shape index (κ2) is 5.42. The van der Waals surface area contributed by atoms with Crippen molar-refractivity contribution >= 4 is 29.1 Å². The van der Waals surface area contributed by atoms with Gasteiger partial charge in [-0.2, -0.15) is 0 Å². The number of nitrogens with one attached hydrogen (secondary N) is 1. The Morgan fingerprint density at radius 3 is 2.83 bits per heavy atom. The number of nitrogens with zero attached hydrogens (tertiary/aromatic N) is 1. The van der Waals surface area contributed by atoms with Crippen LogP contribution in [-0.2, 0) is 4.74 Å². The maximum atomic E-state index is 11.8. The molecule has 5 nitrogen and oxygen atoms in total. The molecule has 0 aliphatic heterocycles. The van der Waals surface area contributed by atoms with E-state index in [9.17, 15) is 9.59 Å². The van der Waals surface area contributed by atoms with Crippen molar-refractivity contribution in [2.75, 3.05) is 12.4 Å². The van der Waals surface area contributed by atoms with Crippen LogP contribution >= 0.6 is 11.5 Å². The van der Waals surface area contributed by atoms with E-state index < -0.39 is 5.97 Å². The highest BCUT2D eigenvalue weighted by atomic mass is 32.1. The molecule has 1 aromatic carbocycles. The molecule has 0 atom stereocenters. The highest BCUT2D eigenvalue weighted by Gasteiger charge is 2.10. The third kappa shape index (κ3) is 2.72. The standard InChI is InChI=1S/C12H10N2O3S/c1-17-12(16)8-3-2-4-9(7-8)14-11(15)10-5-6-13-18-10/h2-7H,1H3,(H,14,15). The van der Waals surface area contributed by atoms with Crippen molar-refractivity contribution in [3.05, 3.63) is 47.0 Å². The van der Waals surface area contributed by atoms with Crippen LogP contribution in [0.25, 0.3) is 0 Å². The van der Waals surface area contributed by atoms with Crippen LogP contribution in [-0.4, -0.2) is 23.4 Å². The summed E-state index contributed by atoms with van der Waals surface area (Å²) in [5.41, 5.74) is 0.927. The minimum atomic E-state index is -0.441. The summed E-state index contributed by atoms with van der Waals surface area (Å²) in [6, 6.07) is 8.18. The van der Waals surface area contributed by atoms with Crippen molar-refractivity contribution in [1.82, 2.24) is 4.37 Å². The summed E-state index contributed by atoms with van der Waals surface area (Å²) in [5, 5.41) is 2.69. The van der Waals surface area contributed by atoms with Crippen molar-refractivity contribution in [3.63, 3.8) is 0 Å². The lowest BCUT2D eigenvalue weighted by Gasteiger charge is -2.05. The van der Waals surface area contributed by atoms with Crippen LogP contribution in [0.5, 0.6) is 0 Å². The van der Waals surface area contributed by atoms with Gasteiger partial charge in [-0.1, -0.05) is 6.07 Å². The van der Waals surface area contributed by atoms with E-state index in [0.717, 1.165) is 11.5 Å².